The van der Waals surface area contributed by atoms with E-state index in [9.17, 15) is 23.6 Å². The highest BCUT2D eigenvalue weighted by Crippen LogP contribution is 2.31. The van der Waals surface area contributed by atoms with Crippen LogP contribution in [-0.2, 0) is 9.59 Å². The zero-order valence-electron chi connectivity index (χ0n) is 19.4. The maximum atomic E-state index is 15.3. The second kappa shape index (κ2) is 11.6. The van der Waals surface area contributed by atoms with Gasteiger partial charge in [-0.2, -0.15) is 4.39 Å². The molecule has 10 nitrogen and oxygen atoms in total. The van der Waals surface area contributed by atoms with E-state index in [-0.39, 0.29) is 30.7 Å². The lowest BCUT2D eigenvalue weighted by Gasteiger charge is -2.39. The Morgan fingerprint density at radius 2 is 2.00 bits per heavy atom. The number of alkyl halides is 2. The molecule has 1 unspecified atom stereocenters. The number of nitrogens with one attached hydrogen (secondary N) is 2. The van der Waals surface area contributed by atoms with Crippen LogP contribution in [0.2, 0.25) is 0 Å². The molecule has 13 heteroatoms. The molecule has 2 amide bonds. The van der Waals surface area contributed by atoms with Crippen molar-refractivity contribution in [1.82, 2.24) is 25.4 Å². The van der Waals surface area contributed by atoms with Crippen LogP contribution < -0.4 is 15.8 Å². The predicted molar refractivity (Wildman–Crippen MR) is 118 cm³/mol. The van der Waals surface area contributed by atoms with E-state index in [1.165, 1.54) is 0 Å². The topological polar surface area (TPSA) is 114 Å². The third-order valence-electron chi connectivity index (χ3n) is 6.45. The largest absolute Gasteiger partial charge is 0.349 e. The number of hydrogen-bond donors (Lipinski definition) is 3. The van der Waals surface area contributed by atoms with Crippen LogP contribution in [0.25, 0.3) is 0 Å². The summed E-state index contributed by atoms with van der Waals surface area (Å²) in [6, 6.07) is -0.175. The highest BCUT2D eigenvalue weighted by molar-refractivity contribution is 5.80. The first-order valence-corrected chi connectivity index (χ1v) is 11.5. The maximum Gasteiger partial charge on any atom is 0.297 e. The first-order valence-electron chi connectivity index (χ1n) is 11.5. The third-order valence-corrected chi connectivity index (χ3v) is 6.45. The molecule has 0 radical (unpaired) electrons. The summed E-state index contributed by atoms with van der Waals surface area (Å²) in [5.74, 6) is -3.76. The average molecular weight is 488 g/mol. The van der Waals surface area contributed by atoms with Crippen molar-refractivity contribution in [2.75, 3.05) is 43.6 Å². The Bertz CT molecular complexity index is 857. The van der Waals surface area contributed by atoms with Gasteiger partial charge in [0.25, 0.3) is 6.43 Å². The van der Waals surface area contributed by atoms with E-state index >= 15 is 4.39 Å². The Kier molecular flexibility index (Phi) is 8.89. The number of hydrazine groups is 1. The fourth-order valence-electron chi connectivity index (χ4n) is 4.68. The van der Waals surface area contributed by atoms with Gasteiger partial charge in [0.1, 0.15) is 0 Å². The monoisotopic (exact) mass is 487 g/mol. The van der Waals surface area contributed by atoms with Gasteiger partial charge in [0.05, 0.1) is 12.5 Å². The normalized spacial score (nSPS) is 20.4. The van der Waals surface area contributed by atoms with Crippen LogP contribution in [0, 0.1) is 17.7 Å². The van der Waals surface area contributed by atoms with Crippen LogP contribution in [0.4, 0.5) is 24.8 Å². The van der Waals surface area contributed by atoms with E-state index in [2.05, 4.69) is 20.8 Å². The molecule has 3 rings (SSSR count). The first-order chi connectivity index (χ1) is 16.2. The second-order valence-electron chi connectivity index (χ2n) is 9.10. The average Bonchev–Trinajstić information content (AvgIpc) is 3.31. The Morgan fingerprint density at radius 1 is 1.29 bits per heavy atom. The molecule has 1 aliphatic heterocycles. The third kappa shape index (κ3) is 6.47. The molecule has 1 saturated carbocycles. The number of amides is 2. The van der Waals surface area contributed by atoms with Crippen molar-refractivity contribution in [3.05, 3.63) is 11.6 Å². The predicted octanol–water partition coefficient (Wildman–Crippen LogP) is 2.18. The molecule has 2 fully saturated rings. The standard InChI is InChI=1S/C21H32F3N7O3/c1-13-10-29(2)7-8-31(13)20-16(22)18(25-19(26-20)17(23)24)27-28-21(33)15(11-30(34)12-32)9-14-5-3-4-6-14/h12-15,17,34H,3-11H2,1-2H3,(H,28,33)(H,25,26,27)/t13-,15?/m0/s1. The minimum atomic E-state index is -3.04. The number of anilines is 2. The van der Waals surface area contributed by atoms with Crippen molar-refractivity contribution in [3.8, 4) is 0 Å². The number of carbonyl (C=O) groups excluding carboxylic acids is 2. The van der Waals surface area contributed by atoms with Crippen LogP contribution >= 0.6 is 0 Å². The summed E-state index contributed by atoms with van der Waals surface area (Å²) < 4.78 is 42.2. The summed E-state index contributed by atoms with van der Waals surface area (Å²) in [5, 5.41) is 9.98. The Morgan fingerprint density at radius 3 is 2.62 bits per heavy atom. The van der Waals surface area contributed by atoms with Gasteiger partial charge in [0, 0.05) is 25.7 Å². The minimum Gasteiger partial charge on any atom is -0.349 e. The zero-order valence-corrected chi connectivity index (χ0v) is 19.4. The van der Waals surface area contributed by atoms with Crippen molar-refractivity contribution in [2.24, 2.45) is 11.8 Å². The van der Waals surface area contributed by atoms with Gasteiger partial charge in [-0.3, -0.25) is 25.6 Å². The number of rotatable bonds is 10. The van der Waals surface area contributed by atoms with E-state index in [0.717, 1.165) is 25.7 Å². The van der Waals surface area contributed by atoms with Gasteiger partial charge >= 0.3 is 0 Å². The summed E-state index contributed by atoms with van der Waals surface area (Å²) in [4.78, 5) is 34.6. The Labute approximate surface area is 196 Å². The van der Waals surface area contributed by atoms with Crippen molar-refractivity contribution in [2.45, 2.75) is 51.5 Å². The van der Waals surface area contributed by atoms with Crippen LogP contribution in [-0.4, -0.2) is 76.7 Å². The molecule has 34 heavy (non-hydrogen) atoms. The van der Waals surface area contributed by atoms with Gasteiger partial charge in [-0.25, -0.2) is 23.8 Å². The smallest absolute Gasteiger partial charge is 0.297 e. The number of nitrogens with zero attached hydrogens (tertiary/aromatic N) is 5. The summed E-state index contributed by atoms with van der Waals surface area (Å²) >= 11 is 0. The number of halogens is 3. The van der Waals surface area contributed by atoms with E-state index < -0.39 is 35.7 Å². The summed E-state index contributed by atoms with van der Waals surface area (Å²) in [5.41, 5.74) is 4.64. The van der Waals surface area contributed by atoms with Crippen molar-refractivity contribution < 1.29 is 28.0 Å². The second-order valence-corrected chi connectivity index (χ2v) is 9.10. The number of carbonyl (C=O) groups is 2. The molecule has 0 aromatic carbocycles. The Balaban J connectivity index is 1.77. The van der Waals surface area contributed by atoms with Gasteiger partial charge in [-0.15, -0.1) is 0 Å². The number of piperazine rings is 1. The molecule has 1 saturated heterocycles. The fraction of sp³-hybridized carbons (Fsp3) is 0.714. The van der Waals surface area contributed by atoms with E-state index in [4.69, 9.17) is 0 Å². The quantitative estimate of drug-likeness (QED) is 0.262. The number of hydrogen-bond acceptors (Lipinski definition) is 8. The summed E-state index contributed by atoms with van der Waals surface area (Å²) in [7, 11) is 1.91. The molecule has 0 bridgehead atoms. The highest BCUT2D eigenvalue weighted by atomic mass is 19.3. The van der Waals surface area contributed by atoms with Crippen LogP contribution in [0.5, 0.6) is 0 Å². The van der Waals surface area contributed by atoms with Gasteiger partial charge in [0.2, 0.25) is 18.1 Å². The van der Waals surface area contributed by atoms with Crippen molar-refractivity contribution >= 4 is 24.0 Å². The number of aromatic nitrogens is 2. The SMILES string of the molecule is C[C@H]1CN(C)CCN1c1nc(C(F)F)nc(NNC(=O)C(CC2CCCC2)CN(O)C=O)c1F. The van der Waals surface area contributed by atoms with Crippen molar-refractivity contribution in [3.63, 3.8) is 0 Å². The van der Waals surface area contributed by atoms with Crippen LogP contribution in [0.3, 0.4) is 0 Å². The zero-order chi connectivity index (χ0) is 24.8. The molecule has 190 valence electrons. The first kappa shape index (κ1) is 25.9. The molecule has 1 aromatic heterocycles. The maximum absolute atomic E-state index is 15.3. The number of hydroxylamine groups is 2. The molecule has 0 spiro atoms. The van der Waals surface area contributed by atoms with Gasteiger partial charge in [-0.1, -0.05) is 25.7 Å². The lowest BCUT2D eigenvalue weighted by molar-refractivity contribution is -0.154. The van der Waals surface area contributed by atoms with Crippen LogP contribution in [0.15, 0.2) is 0 Å². The van der Waals surface area contributed by atoms with Gasteiger partial charge < -0.3 is 9.80 Å². The molecule has 1 aromatic rings. The fourth-order valence-corrected chi connectivity index (χ4v) is 4.68. The number of likely N-dealkylation sites (N-methyl/N-ethyl adjacent to an activating group) is 1. The molecule has 1 aliphatic carbocycles. The van der Waals surface area contributed by atoms with E-state index in [0.29, 0.717) is 31.1 Å². The lowest BCUT2D eigenvalue weighted by Crippen LogP contribution is -2.51. The van der Waals surface area contributed by atoms with Crippen molar-refractivity contribution in [1.29, 1.82) is 0 Å². The summed E-state index contributed by atoms with van der Waals surface area (Å²) in [6.45, 7) is 3.20. The molecule has 2 heterocycles. The van der Waals surface area contributed by atoms with Crippen LogP contribution in [0.1, 0.15) is 51.3 Å². The molecular weight excluding hydrogens is 455 g/mol. The molecule has 2 aliphatic rings. The molecule has 2 atom stereocenters. The minimum absolute atomic E-state index is 0.175. The highest BCUT2D eigenvalue weighted by Gasteiger charge is 2.30. The molecular formula is C21H32F3N7O3. The lowest BCUT2D eigenvalue weighted by atomic mass is 9.92. The Hall–Kier alpha value is -2.67. The van der Waals surface area contributed by atoms with Gasteiger partial charge in [-0.05, 0) is 26.3 Å². The molecule has 3 N–H and O–H groups in total. The van der Waals surface area contributed by atoms with Gasteiger partial charge in [0.15, 0.2) is 17.5 Å². The summed E-state index contributed by atoms with van der Waals surface area (Å²) in [6.07, 6.45) is 1.56. The van der Waals surface area contributed by atoms with E-state index in [1.807, 2.05) is 18.9 Å². The van der Waals surface area contributed by atoms with E-state index in [1.54, 1.807) is 4.90 Å².